The van der Waals surface area contributed by atoms with Crippen LogP contribution in [0.5, 0.6) is 0 Å². The molecule has 5 nitrogen and oxygen atoms in total. The molecule has 3 heterocycles. The SMILES string of the molecule is Cc1cccn2c(=O)c3cc(C(=O)NCCC(c4ccccc4)c4ccccc4)sc3nc12. The van der Waals surface area contributed by atoms with Crippen LogP contribution >= 0.6 is 11.3 Å². The molecule has 2 aromatic carbocycles. The summed E-state index contributed by atoms with van der Waals surface area (Å²) < 4.78 is 1.54. The summed E-state index contributed by atoms with van der Waals surface area (Å²) in [5.74, 6) is 0.0118. The first-order valence-corrected chi connectivity index (χ1v) is 11.7. The van der Waals surface area contributed by atoms with Crippen molar-refractivity contribution in [2.75, 3.05) is 6.54 Å². The Morgan fingerprint density at radius 3 is 2.33 bits per heavy atom. The third-order valence-corrected chi connectivity index (χ3v) is 6.91. The van der Waals surface area contributed by atoms with E-state index in [-0.39, 0.29) is 17.4 Å². The number of carbonyl (C=O) groups excluding carboxylic acids is 1. The Hall–Kier alpha value is -3.77. The van der Waals surface area contributed by atoms with Crippen molar-refractivity contribution in [2.24, 2.45) is 0 Å². The van der Waals surface area contributed by atoms with E-state index >= 15 is 0 Å². The lowest BCUT2D eigenvalue weighted by molar-refractivity contribution is 0.0957. The van der Waals surface area contributed by atoms with Gasteiger partial charge in [0.05, 0.1) is 10.3 Å². The maximum Gasteiger partial charge on any atom is 0.266 e. The van der Waals surface area contributed by atoms with Crippen LogP contribution in [-0.2, 0) is 0 Å². The lowest BCUT2D eigenvalue weighted by Gasteiger charge is -2.18. The van der Waals surface area contributed by atoms with Crippen molar-refractivity contribution >= 4 is 33.1 Å². The molecule has 6 heteroatoms. The number of fused-ring (bicyclic) bond motifs is 2. The van der Waals surface area contributed by atoms with Crippen molar-refractivity contribution in [3.63, 3.8) is 0 Å². The van der Waals surface area contributed by atoms with Crippen LogP contribution in [0, 0.1) is 6.92 Å². The molecule has 5 aromatic rings. The number of amides is 1. The monoisotopic (exact) mass is 453 g/mol. The zero-order valence-electron chi connectivity index (χ0n) is 18.2. The van der Waals surface area contributed by atoms with Gasteiger partial charge in [-0.05, 0) is 42.2 Å². The molecule has 164 valence electrons. The van der Waals surface area contributed by atoms with E-state index in [4.69, 9.17) is 0 Å². The molecule has 0 aliphatic rings. The van der Waals surface area contributed by atoms with Crippen LogP contribution in [0.15, 0.2) is 89.9 Å². The Kier molecular flexibility index (Phi) is 5.75. The molecule has 3 aromatic heterocycles. The molecule has 0 saturated carbocycles. The van der Waals surface area contributed by atoms with Crippen LogP contribution in [0.25, 0.3) is 15.9 Å². The average Bonchev–Trinajstić information content (AvgIpc) is 3.29. The van der Waals surface area contributed by atoms with Gasteiger partial charge in [-0.3, -0.25) is 14.0 Å². The molecule has 0 atom stereocenters. The first-order valence-electron chi connectivity index (χ1n) is 10.9. The Morgan fingerprint density at radius 1 is 1.00 bits per heavy atom. The number of thiophene rings is 1. The molecule has 1 amide bonds. The third kappa shape index (κ3) is 4.17. The van der Waals surface area contributed by atoms with E-state index in [2.05, 4.69) is 34.6 Å². The van der Waals surface area contributed by atoms with Crippen LogP contribution in [0.1, 0.15) is 38.7 Å². The molecular formula is C27H23N3O2S. The minimum atomic E-state index is -0.178. The van der Waals surface area contributed by atoms with Crippen LogP contribution in [0.2, 0.25) is 0 Å². The summed E-state index contributed by atoms with van der Waals surface area (Å²) in [6, 6.07) is 26.1. The molecule has 5 rings (SSSR count). The predicted molar refractivity (Wildman–Crippen MR) is 133 cm³/mol. The van der Waals surface area contributed by atoms with Gasteiger partial charge < -0.3 is 5.32 Å². The summed E-state index contributed by atoms with van der Waals surface area (Å²) >= 11 is 1.26. The standard InChI is InChI=1S/C27H23N3O2S/c1-18-9-8-16-30-24(18)29-26-22(27(30)32)17-23(33-26)25(31)28-15-14-21(19-10-4-2-5-11-19)20-12-6-3-7-13-20/h2-13,16-17,21H,14-15H2,1H3,(H,28,31). The van der Waals surface area contributed by atoms with Gasteiger partial charge in [0, 0.05) is 18.7 Å². The smallest absolute Gasteiger partial charge is 0.266 e. The van der Waals surface area contributed by atoms with Gasteiger partial charge in [-0.1, -0.05) is 66.7 Å². The van der Waals surface area contributed by atoms with Crippen LogP contribution in [0.4, 0.5) is 0 Å². The van der Waals surface area contributed by atoms with E-state index in [0.717, 1.165) is 12.0 Å². The molecule has 1 N–H and O–H groups in total. The van der Waals surface area contributed by atoms with Crippen LogP contribution in [-0.4, -0.2) is 21.8 Å². The maximum atomic E-state index is 12.9. The summed E-state index contributed by atoms with van der Waals surface area (Å²) in [5, 5.41) is 3.51. The fraction of sp³-hybridized carbons (Fsp3) is 0.148. The van der Waals surface area contributed by atoms with Gasteiger partial charge in [0.1, 0.15) is 10.5 Å². The minimum Gasteiger partial charge on any atom is -0.351 e. The number of benzene rings is 2. The molecule has 33 heavy (non-hydrogen) atoms. The fourth-order valence-electron chi connectivity index (χ4n) is 4.18. The second kappa shape index (κ2) is 9.00. The number of hydrogen-bond donors (Lipinski definition) is 1. The summed E-state index contributed by atoms with van der Waals surface area (Å²) in [6.07, 6.45) is 2.48. The van der Waals surface area contributed by atoms with Gasteiger partial charge >= 0.3 is 0 Å². The number of carbonyl (C=O) groups is 1. The summed E-state index contributed by atoms with van der Waals surface area (Å²) in [4.78, 5) is 31.5. The first-order chi connectivity index (χ1) is 16.1. The van der Waals surface area contributed by atoms with Crippen molar-refractivity contribution in [3.05, 3.63) is 117 Å². The lowest BCUT2D eigenvalue weighted by atomic mass is 9.88. The third-order valence-electron chi connectivity index (χ3n) is 5.88. The molecule has 0 aliphatic heterocycles. The van der Waals surface area contributed by atoms with Gasteiger partial charge in [0.2, 0.25) is 0 Å². The predicted octanol–water partition coefficient (Wildman–Crippen LogP) is 5.17. The number of pyridine rings is 1. The van der Waals surface area contributed by atoms with E-state index in [9.17, 15) is 9.59 Å². The van der Waals surface area contributed by atoms with Crippen molar-refractivity contribution in [2.45, 2.75) is 19.3 Å². The van der Waals surface area contributed by atoms with E-state index in [0.29, 0.717) is 27.3 Å². The van der Waals surface area contributed by atoms with Gasteiger partial charge in [-0.2, -0.15) is 0 Å². The van der Waals surface area contributed by atoms with Crippen molar-refractivity contribution in [1.82, 2.24) is 14.7 Å². The molecule has 0 radical (unpaired) electrons. The molecule has 0 fully saturated rings. The highest BCUT2D eigenvalue weighted by Gasteiger charge is 2.17. The number of aryl methyl sites for hydroxylation is 1. The molecule has 0 spiro atoms. The highest BCUT2D eigenvalue weighted by Crippen LogP contribution is 2.28. The molecular weight excluding hydrogens is 430 g/mol. The molecule has 0 saturated heterocycles. The van der Waals surface area contributed by atoms with Gasteiger partial charge in [-0.25, -0.2) is 4.98 Å². The lowest BCUT2D eigenvalue weighted by Crippen LogP contribution is -2.25. The highest BCUT2D eigenvalue weighted by atomic mass is 32.1. The average molecular weight is 454 g/mol. The van der Waals surface area contributed by atoms with Gasteiger partial charge in [0.25, 0.3) is 11.5 Å². The Balaban J connectivity index is 1.36. The Labute approximate surface area is 195 Å². The summed E-state index contributed by atoms with van der Waals surface area (Å²) in [6.45, 7) is 2.44. The normalized spacial score (nSPS) is 11.3. The highest BCUT2D eigenvalue weighted by molar-refractivity contribution is 7.20. The summed E-state index contributed by atoms with van der Waals surface area (Å²) in [7, 11) is 0. The van der Waals surface area contributed by atoms with Gasteiger partial charge in [-0.15, -0.1) is 11.3 Å². The Bertz CT molecular complexity index is 1450. The molecule has 0 bridgehead atoms. The van der Waals surface area contributed by atoms with Crippen LogP contribution < -0.4 is 10.9 Å². The van der Waals surface area contributed by atoms with Gasteiger partial charge in [0.15, 0.2) is 0 Å². The fourth-order valence-corrected chi connectivity index (χ4v) is 5.12. The molecule has 0 aliphatic carbocycles. The number of hydrogen-bond acceptors (Lipinski definition) is 4. The van der Waals surface area contributed by atoms with Crippen molar-refractivity contribution < 1.29 is 4.79 Å². The number of rotatable bonds is 6. The quantitative estimate of drug-likeness (QED) is 0.386. The van der Waals surface area contributed by atoms with Crippen LogP contribution in [0.3, 0.4) is 0 Å². The van der Waals surface area contributed by atoms with Crippen molar-refractivity contribution in [1.29, 1.82) is 0 Å². The second-order valence-electron chi connectivity index (χ2n) is 8.05. The Morgan fingerprint density at radius 2 is 1.67 bits per heavy atom. The molecule has 0 unspecified atom stereocenters. The summed E-state index contributed by atoms with van der Waals surface area (Å²) in [5.41, 5.74) is 3.83. The maximum absolute atomic E-state index is 12.9. The van der Waals surface area contributed by atoms with Crippen molar-refractivity contribution in [3.8, 4) is 0 Å². The number of nitrogens with one attached hydrogen (secondary N) is 1. The van der Waals surface area contributed by atoms with E-state index in [1.54, 1.807) is 12.3 Å². The first kappa shape index (κ1) is 21.1. The zero-order chi connectivity index (χ0) is 22.8. The topological polar surface area (TPSA) is 63.5 Å². The largest absolute Gasteiger partial charge is 0.351 e. The zero-order valence-corrected chi connectivity index (χ0v) is 19.0. The second-order valence-corrected chi connectivity index (χ2v) is 9.08. The van der Waals surface area contributed by atoms with E-state index in [1.165, 1.54) is 26.9 Å². The number of nitrogens with zero attached hydrogens (tertiary/aromatic N) is 2. The van der Waals surface area contributed by atoms with E-state index in [1.807, 2.05) is 55.5 Å². The minimum absolute atomic E-state index is 0.151. The van der Waals surface area contributed by atoms with E-state index < -0.39 is 0 Å². The number of aromatic nitrogens is 2.